The number of hydrogen-bond donors (Lipinski definition) is 2. The second-order valence-electron chi connectivity index (χ2n) is 3.43. The Morgan fingerprint density at radius 1 is 1.53 bits per heavy atom. The quantitative estimate of drug-likeness (QED) is 0.774. The number of nitrogens with zero attached hydrogens (tertiary/aromatic N) is 2. The molecule has 0 amide bonds. The summed E-state index contributed by atoms with van der Waals surface area (Å²) < 4.78 is 0. The Bertz CT molecular complexity index is 405. The highest BCUT2D eigenvalue weighted by Gasteiger charge is 2.04. The van der Waals surface area contributed by atoms with Crippen LogP contribution in [-0.4, -0.2) is 29.1 Å². The van der Waals surface area contributed by atoms with Crippen LogP contribution < -0.4 is 5.43 Å². The van der Waals surface area contributed by atoms with Gasteiger partial charge in [0.2, 0.25) is 0 Å². The van der Waals surface area contributed by atoms with E-state index >= 15 is 0 Å². The van der Waals surface area contributed by atoms with E-state index in [4.69, 9.17) is 0 Å². The lowest BCUT2D eigenvalue weighted by Crippen LogP contribution is -2.29. The molecule has 2 rings (SSSR count). The predicted molar refractivity (Wildman–Crippen MR) is 62.4 cm³/mol. The third-order valence-corrected chi connectivity index (χ3v) is 2.99. The van der Waals surface area contributed by atoms with Gasteiger partial charge in [-0.3, -0.25) is 5.01 Å². The van der Waals surface area contributed by atoms with Gasteiger partial charge in [-0.05, 0) is 12.1 Å². The van der Waals surface area contributed by atoms with Gasteiger partial charge in [0.25, 0.3) is 0 Å². The second-order valence-corrected chi connectivity index (χ2v) is 4.55. The van der Waals surface area contributed by atoms with E-state index in [0.29, 0.717) is 0 Å². The number of aromatic amines is 1. The molecule has 0 atom stereocenters. The number of thiazole rings is 1. The lowest BCUT2D eigenvalue weighted by Gasteiger charge is -2.09. The van der Waals surface area contributed by atoms with Crippen molar-refractivity contribution < 1.29 is 0 Å². The van der Waals surface area contributed by atoms with E-state index in [1.165, 1.54) is 4.88 Å². The molecule has 0 saturated carbocycles. The molecular weight excluding hydrogens is 208 g/mol. The van der Waals surface area contributed by atoms with Gasteiger partial charge in [-0.25, -0.2) is 10.4 Å². The molecule has 0 unspecified atom stereocenters. The fraction of sp³-hybridized carbons (Fsp3) is 0.300. The number of hydrogen-bond acceptors (Lipinski definition) is 4. The van der Waals surface area contributed by atoms with E-state index in [1.807, 2.05) is 37.6 Å². The third-order valence-electron chi connectivity index (χ3n) is 1.96. The van der Waals surface area contributed by atoms with Gasteiger partial charge in [0, 0.05) is 26.5 Å². The summed E-state index contributed by atoms with van der Waals surface area (Å²) >= 11 is 1.70. The van der Waals surface area contributed by atoms with E-state index < -0.39 is 0 Å². The van der Waals surface area contributed by atoms with Crippen LogP contribution in [0.25, 0.3) is 10.6 Å². The lowest BCUT2D eigenvalue weighted by molar-refractivity contribution is 0.286. The van der Waals surface area contributed by atoms with Gasteiger partial charge in [-0.15, -0.1) is 11.3 Å². The summed E-state index contributed by atoms with van der Waals surface area (Å²) in [5.74, 6) is 0. The van der Waals surface area contributed by atoms with Crippen molar-refractivity contribution in [2.24, 2.45) is 0 Å². The molecule has 2 N–H and O–H groups in total. The van der Waals surface area contributed by atoms with Crippen molar-refractivity contribution in [2.75, 3.05) is 14.1 Å². The zero-order valence-electron chi connectivity index (χ0n) is 8.82. The Morgan fingerprint density at radius 3 is 3.07 bits per heavy atom. The molecule has 15 heavy (non-hydrogen) atoms. The number of nitrogens with one attached hydrogen (secondary N) is 2. The number of aromatic nitrogens is 2. The molecular formula is C10H14N4S. The molecule has 0 bridgehead atoms. The Balaban J connectivity index is 2.04. The van der Waals surface area contributed by atoms with E-state index in [1.54, 1.807) is 11.3 Å². The average Bonchev–Trinajstić information content (AvgIpc) is 2.85. The van der Waals surface area contributed by atoms with Crippen LogP contribution in [0.2, 0.25) is 0 Å². The summed E-state index contributed by atoms with van der Waals surface area (Å²) in [7, 11) is 3.94. The van der Waals surface area contributed by atoms with Crippen molar-refractivity contribution in [3.63, 3.8) is 0 Å². The Hall–Kier alpha value is -1.17. The summed E-state index contributed by atoms with van der Waals surface area (Å²) in [5, 5.41) is 3.02. The highest BCUT2D eigenvalue weighted by atomic mass is 32.1. The fourth-order valence-corrected chi connectivity index (χ4v) is 2.06. The summed E-state index contributed by atoms with van der Waals surface area (Å²) in [6.45, 7) is 0.776. The minimum absolute atomic E-state index is 0.776. The molecule has 0 aromatic carbocycles. The van der Waals surface area contributed by atoms with Gasteiger partial charge in [0.1, 0.15) is 5.01 Å². The molecule has 4 nitrogen and oxygen atoms in total. The van der Waals surface area contributed by atoms with Crippen molar-refractivity contribution in [3.8, 4) is 10.6 Å². The first-order chi connectivity index (χ1) is 7.25. The number of rotatable bonds is 4. The van der Waals surface area contributed by atoms with Crippen molar-refractivity contribution >= 4 is 11.3 Å². The van der Waals surface area contributed by atoms with Gasteiger partial charge in [0.05, 0.1) is 17.1 Å². The summed E-state index contributed by atoms with van der Waals surface area (Å²) in [6, 6.07) is 4.05. The van der Waals surface area contributed by atoms with E-state index in [0.717, 1.165) is 17.2 Å². The highest BCUT2D eigenvalue weighted by Crippen LogP contribution is 2.24. The van der Waals surface area contributed by atoms with E-state index in [2.05, 4.69) is 21.5 Å². The molecule has 0 radical (unpaired) electrons. The number of hydrazine groups is 1. The zero-order chi connectivity index (χ0) is 10.7. The molecule has 80 valence electrons. The first-order valence-corrected chi connectivity index (χ1v) is 5.56. The summed E-state index contributed by atoms with van der Waals surface area (Å²) in [5.41, 5.74) is 4.32. The molecule has 0 aliphatic heterocycles. The van der Waals surface area contributed by atoms with Crippen LogP contribution in [0.1, 0.15) is 5.01 Å². The highest BCUT2D eigenvalue weighted by molar-refractivity contribution is 7.15. The van der Waals surface area contributed by atoms with Crippen LogP contribution in [0.5, 0.6) is 0 Å². The van der Waals surface area contributed by atoms with Crippen molar-refractivity contribution in [1.82, 2.24) is 20.4 Å². The largest absolute Gasteiger partial charge is 0.360 e. The second kappa shape index (κ2) is 4.57. The van der Waals surface area contributed by atoms with Gasteiger partial charge in [-0.2, -0.15) is 0 Å². The van der Waals surface area contributed by atoms with Gasteiger partial charge in [-0.1, -0.05) is 0 Å². The van der Waals surface area contributed by atoms with E-state index in [-0.39, 0.29) is 0 Å². The maximum Gasteiger partial charge on any atom is 0.108 e. The maximum atomic E-state index is 4.35. The van der Waals surface area contributed by atoms with Crippen molar-refractivity contribution in [2.45, 2.75) is 6.54 Å². The molecule has 2 aromatic rings. The van der Waals surface area contributed by atoms with Crippen LogP contribution in [0.15, 0.2) is 24.5 Å². The topological polar surface area (TPSA) is 44.0 Å². The van der Waals surface area contributed by atoms with Crippen LogP contribution in [0, 0.1) is 0 Å². The normalized spacial score (nSPS) is 11.1. The number of H-pyrrole nitrogens is 1. The van der Waals surface area contributed by atoms with Crippen LogP contribution in [0.3, 0.4) is 0 Å². The Morgan fingerprint density at radius 2 is 2.40 bits per heavy atom. The molecule has 0 fully saturated rings. The van der Waals surface area contributed by atoms with Crippen LogP contribution in [-0.2, 0) is 6.54 Å². The predicted octanol–water partition coefficient (Wildman–Crippen LogP) is 1.70. The SMILES string of the molecule is CN(C)NCc1ncc(-c2ccc[nH]2)s1. The smallest absolute Gasteiger partial charge is 0.108 e. The molecule has 2 aromatic heterocycles. The standard InChI is InChI=1S/C10H14N4S/c1-14(2)13-7-10-12-6-9(15-10)8-4-3-5-11-8/h3-6,11,13H,7H2,1-2H3. The van der Waals surface area contributed by atoms with Gasteiger partial charge in [0.15, 0.2) is 0 Å². The third kappa shape index (κ3) is 2.65. The zero-order valence-corrected chi connectivity index (χ0v) is 9.64. The Kier molecular flexibility index (Phi) is 3.15. The van der Waals surface area contributed by atoms with Gasteiger partial charge >= 0.3 is 0 Å². The molecule has 0 aliphatic carbocycles. The molecule has 5 heteroatoms. The molecule has 0 aliphatic rings. The molecule has 0 spiro atoms. The monoisotopic (exact) mass is 222 g/mol. The first-order valence-electron chi connectivity index (χ1n) is 4.75. The van der Waals surface area contributed by atoms with Gasteiger partial charge < -0.3 is 4.98 Å². The summed E-state index contributed by atoms with van der Waals surface area (Å²) in [4.78, 5) is 8.70. The maximum absolute atomic E-state index is 4.35. The van der Waals surface area contributed by atoms with Crippen molar-refractivity contribution in [1.29, 1.82) is 0 Å². The lowest BCUT2D eigenvalue weighted by atomic mass is 10.4. The minimum atomic E-state index is 0.776. The summed E-state index contributed by atoms with van der Waals surface area (Å²) in [6.07, 6.45) is 3.83. The van der Waals surface area contributed by atoms with Crippen LogP contribution in [0.4, 0.5) is 0 Å². The molecule has 2 heterocycles. The average molecular weight is 222 g/mol. The van der Waals surface area contributed by atoms with E-state index in [9.17, 15) is 0 Å². The van der Waals surface area contributed by atoms with Crippen LogP contribution >= 0.6 is 11.3 Å². The Labute approximate surface area is 92.9 Å². The fourth-order valence-electron chi connectivity index (χ4n) is 1.23. The minimum Gasteiger partial charge on any atom is -0.360 e. The molecule has 0 saturated heterocycles. The first kappa shape index (κ1) is 10.4. The van der Waals surface area contributed by atoms with Crippen molar-refractivity contribution in [3.05, 3.63) is 29.5 Å².